The molecule has 1 N–H and O–H groups in total. The number of nitrogens with zero attached hydrogens (tertiary/aromatic N) is 2. The second-order valence-electron chi connectivity index (χ2n) is 7.19. The third-order valence-electron chi connectivity index (χ3n) is 4.98. The molecular weight excluding hydrogens is 402 g/mol. The largest absolute Gasteiger partial charge is 0.322 e. The number of fused-ring (bicyclic) bond motifs is 3. The van der Waals surface area contributed by atoms with E-state index < -0.39 is 0 Å². The summed E-state index contributed by atoms with van der Waals surface area (Å²) in [6, 6.07) is 20.0. The number of carbonyl (C=O) groups is 1. The first-order valence-electron chi connectivity index (χ1n) is 9.13. The Morgan fingerprint density at radius 2 is 1.93 bits per heavy atom. The molecule has 2 aromatic carbocycles. The van der Waals surface area contributed by atoms with Crippen molar-refractivity contribution in [2.75, 3.05) is 5.32 Å². The average molecular weight is 424 g/mol. The average Bonchev–Trinajstić information content (AvgIpc) is 3.05. The molecule has 0 spiro atoms. The summed E-state index contributed by atoms with van der Waals surface area (Å²) in [6.45, 7) is 4.90. The van der Waals surface area contributed by atoms with Gasteiger partial charge < -0.3 is 14.8 Å². The van der Waals surface area contributed by atoms with Crippen molar-refractivity contribution >= 4 is 27.6 Å². The maximum absolute atomic E-state index is 13.3. The Kier molecular flexibility index (Phi) is 4.79. The van der Waals surface area contributed by atoms with Crippen LogP contribution in [0, 0.1) is 5.92 Å². The number of hydrogen-bond donors (Lipinski definition) is 1. The van der Waals surface area contributed by atoms with E-state index in [1.165, 1.54) is 0 Å². The van der Waals surface area contributed by atoms with Gasteiger partial charge in [0.25, 0.3) is 0 Å². The molecule has 2 amide bonds. The van der Waals surface area contributed by atoms with Gasteiger partial charge in [0.2, 0.25) is 0 Å². The van der Waals surface area contributed by atoms with Gasteiger partial charge >= 0.3 is 6.03 Å². The number of amides is 2. The zero-order valence-electron chi connectivity index (χ0n) is 15.4. The van der Waals surface area contributed by atoms with Crippen LogP contribution < -0.4 is 5.32 Å². The van der Waals surface area contributed by atoms with E-state index >= 15 is 0 Å². The molecule has 0 saturated heterocycles. The Bertz CT molecular complexity index is 979. The molecule has 4 rings (SSSR count). The minimum Gasteiger partial charge on any atom is -0.318 e. The number of benzene rings is 2. The number of halogens is 1. The SMILES string of the molecule is CC(C)[C@@H]1c2cccn2-c2ccccc2CN1C(=O)Nc1cccc(Br)c1. The van der Waals surface area contributed by atoms with E-state index in [2.05, 4.69) is 70.1 Å². The number of nitrogens with one attached hydrogen (secondary N) is 1. The van der Waals surface area contributed by atoms with E-state index in [1.54, 1.807) is 0 Å². The van der Waals surface area contributed by atoms with Gasteiger partial charge in [0.05, 0.1) is 18.3 Å². The molecule has 0 saturated carbocycles. The van der Waals surface area contributed by atoms with Crippen molar-refractivity contribution in [3.05, 3.63) is 82.6 Å². The van der Waals surface area contributed by atoms with Crippen LogP contribution >= 0.6 is 15.9 Å². The first kappa shape index (κ1) is 17.9. The molecule has 3 aromatic rings. The third kappa shape index (κ3) is 3.39. The number of aromatic nitrogens is 1. The minimum absolute atomic E-state index is 0.0143. The highest BCUT2D eigenvalue weighted by Crippen LogP contribution is 2.36. The molecule has 5 heteroatoms. The number of carbonyl (C=O) groups excluding carboxylic acids is 1. The van der Waals surface area contributed by atoms with Gasteiger partial charge in [-0.15, -0.1) is 0 Å². The van der Waals surface area contributed by atoms with Crippen LogP contribution in [0.3, 0.4) is 0 Å². The highest BCUT2D eigenvalue weighted by atomic mass is 79.9. The van der Waals surface area contributed by atoms with Crippen molar-refractivity contribution in [3.63, 3.8) is 0 Å². The fourth-order valence-electron chi connectivity index (χ4n) is 3.84. The van der Waals surface area contributed by atoms with Crippen LogP contribution in [0.15, 0.2) is 71.3 Å². The second-order valence-corrected chi connectivity index (χ2v) is 8.10. The lowest BCUT2D eigenvalue weighted by Crippen LogP contribution is -2.39. The molecule has 1 aliphatic rings. The van der Waals surface area contributed by atoms with Crippen molar-refractivity contribution < 1.29 is 4.79 Å². The molecule has 1 aliphatic heterocycles. The number of hydrogen-bond acceptors (Lipinski definition) is 1. The summed E-state index contributed by atoms with van der Waals surface area (Å²) in [5.41, 5.74) is 4.20. The Balaban J connectivity index is 1.76. The Morgan fingerprint density at radius 1 is 1.11 bits per heavy atom. The van der Waals surface area contributed by atoms with Gasteiger partial charge in [0.15, 0.2) is 0 Å². The molecule has 1 aromatic heterocycles. The van der Waals surface area contributed by atoms with Crippen LogP contribution in [0.1, 0.15) is 31.1 Å². The van der Waals surface area contributed by atoms with Gasteiger partial charge in [-0.2, -0.15) is 0 Å². The lowest BCUT2D eigenvalue weighted by molar-refractivity contribution is 0.162. The summed E-state index contributed by atoms with van der Waals surface area (Å²) in [6.07, 6.45) is 2.08. The Hall–Kier alpha value is -2.53. The number of para-hydroxylation sites is 1. The van der Waals surface area contributed by atoms with Gasteiger partial charge in [-0.05, 0) is 47.9 Å². The lowest BCUT2D eigenvalue weighted by Gasteiger charge is -2.33. The zero-order valence-corrected chi connectivity index (χ0v) is 17.0. The normalized spacial score (nSPS) is 15.9. The Morgan fingerprint density at radius 3 is 2.70 bits per heavy atom. The summed E-state index contributed by atoms with van der Waals surface area (Å²) >= 11 is 3.46. The van der Waals surface area contributed by atoms with E-state index in [0.717, 1.165) is 27.1 Å². The zero-order chi connectivity index (χ0) is 19.0. The van der Waals surface area contributed by atoms with E-state index in [4.69, 9.17) is 0 Å². The second kappa shape index (κ2) is 7.24. The standard InChI is InChI=1S/C22H22BrN3O/c1-15(2)21-20-11-6-12-25(20)19-10-4-3-7-16(19)14-26(21)22(27)24-18-9-5-8-17(23)13-18/h3-13,15,21H,14H2,1-2H3,(H,24,27)/t21-/m1/s1. The molecule has 138 valence electrons. The topological polar surface area (TPSA) is 37.3 Å². The van der Waals surface area contributed by atoms with Crippen molar-refractivity contribution in [2.24, 2.45) is 5.92 Å². The molecular formula is C22H22BrN3O. The van der Waals surface area contributed by atoms with Gasteiger partial charge in [-0.25, -0.2) is 4.79 Å². The van der Waals surface area contributed by atoms with Gasteiger partial charge in [0.1, 0.15) is 0 Å². The monoisotopic (exact) mass is 423 g/mol. The molecule has 1 atom stereocenters. The molecule has 0 fully saturated rings. The minimum atomic E-state index is -0.0868. The predicted octanol–water partition coefficient (Wildman–Crippen LogP) is 5.98. The van der Waals surface area contributed by atoms with Gasteiger partial charge in [-0.3, -0.25) is 0 Å². The summed E-state index contributed by atoms with van der Waals surface area (Å²) < 4.78 is 3.16. The summed E-state index contributed by atoms with van der Waals surface area (Å²) in [5, 5.41) is 3.07. The Labute approximate surface area is 167 Å². The summed E-state index contributed by atoms with van der Waals surface area (Å²) in [5.74, 6) is 0.279. The van der Waals surface area contributed by atoms with Crippen LogP contribution in [-0.4, -0.2) is 15.5 Å². The lowest BCUT2D eigenvalue weighted by atomic mass is 9.99. The van der Waals surface area contributed by atoms with E-state index in [0.29, 0.717) is 6.54 Å². The van der Waals surface area contributed by atoms with Crippen molar-refractivity contribution in [3.8, 4) is 5.69 Å². The fraction of sp³-hybridized carbons (Fsp3) is 0.227. The number of anilines is 1. The molecule has 0 radical (unpaired) electrons. The molecule has 0 aliphatic carbocycles. The summed E-state index contributed by atoms with van der Waals surface area (Å²) in [4.78, 5) is 15.2. The van der Waals surface area contributed by atoms with Crippen LogP contribution in [0.4, 0.5) is 10.5 Å². The van der Waals surface area contributed by atoms with Crippen molar-refractivity contribution in [1.82, 2.24) is 9.47 Å². The number of urea groups is 1. The van der Waals surface area contributed by atoms with Gasteiger partial charge in [0, 0.05) is 22.1 Å². The first-order valence-corrected chi connectivity index (χ1v) is 9.92. The smallest absolute Gasteiger partial charge is 0.318 e. The molecule has 0 bridgehead atoms. The molecule has 4 nitrogen and oxygen atoms in total. The van der Waals surface area contributed by atoms with Crippen LogP contribution in [0.25, 0.3) is 5.69 Å². The molecule has 0 unspecified atom stereocenters. The quantitative estimate of drug-likeness (QED) is 0.540. The molecule has 2 heterocycles. The predicted molar refractivity (Wildman–Crippen MR) is 112 cm³/mol. The maximum Gasteiger partial charge on any atom is 0.322 e. The maximum atomic E-state index is 13.3. The van der Waals surface area contributed by atoms with Gasteiger partial charge in [-0.1, -0.05) is 54.0 Å². The van der Waals surface area contributed by atoms with Crippen LogP contribution in [-0.2, 0) is 6.54 Å². The summed E-state index contributed by atoms with van der Waals surface area (Å²) in [7, 11) is 0. The van der Waals surface area contributed by atoms with Crippen LogP contribution in [0.5, 0.6) is 0 Å². The van der Waals surface area contributed by atoms with Crippen molar-refractivity contribution in [2.45, 2.75) is 26.4 Å². The van der Waals surface area contributed by atoms with Crippen LogP contribution in [0.2, 0.25) is 0 Å². The van der Waals surface area contributed by atoms with E-state index in [-0.39, 0.29) is 18.0 Å². The first-order chi connectivity index (χ1) is 13.0. The van der Waals surface area contributed by atoms with E-state index in [1.807, 2.05) is 41.3 Å². The van der Waals surface area contributed by atoms with E-state index in [9.17, 15) is 4.79 Å². The van der Waals surface area contributed by atoms with Crippen molar-refractivity contribution in [1.29, 1.82) is 0 Å². The molecule has 27 heavy (non-hydrogen) atoms. The number of rotatable bonds is 2. The third-order valence-corrected chi connectivity index (χ3v) is 5.47. The fourth-order valence-corrected chi connectivity index (χ4v) is 4.24. The highest BCUT2D eigenvalue weighted by Gasteiger charge is 2.33. The highest BCUT2D eigenvalue weighted by molar-refractivity contribution is 9.10.